The van der Waals surface area contributed by atoms with Crippen LogP contribution < -0.4 is 5.32 Å². The van der Waals surface area contributed by atoms with Crippen LogP contribution in [0, 0.1) is 0 Å². The molecular formula is C52H89NO5. The van der Waals surface area contributed by atoms with E-state index in [4.69, 9.17) is 4.74 Å². The lowest BCUT2D eigenvalue weighted by Gasteiger charge is -2.24. The molecule has 0 aromatic rings. The van der Waals surface area contributed by atoms with Crippen molar-refractivity contribution in [3.8, 4) is 0 Å². The molecule has 6 nitrogen and oxygen atoms in total. The van der Waals surface area contributed by atoms with Gasteiger partial charge in [-0.2, -0.15) is 0 Å². The summed E-state index contributed by atoms with van der Waals surface area (Å²) in [7, 11) is 0. The van der Waals surface area contributed by atoms with Gasteiger partial charge in [0.15, 0.2) is 0 Å². The summed E-state index contributed by atoms with van der Waals surface area (Å²) in [5.74, 6) is -0.575. The van der Waals surface area contributed by atoms with Crippen molar-refractivity contribution >= 4 is 11.9 Å². The number of aliphatic hydroxyl groups is 2. The number of ether oxygens (including phenoxy) is 1. The molecule has 0 rings (SSSR count). The van der Waals surface area contributed by atoms with E-state index in [0.717, 1.165) is 70.6 Å². The fraction of sp³-hybridized carbons (Fsp3) is 0.692. The van der Waals surface area contributed by atoms with E-state index in [-0.39, 0.29) is 24.9 Å². The molecule has 3 N–H and O–H groups in total. The predicted octanol–water partition coefficient (Wildman–Crippen LogP) is 14.0. The molecule has 0 bridgehead atoms. The van der Waals surface area contributed by atoms with Crippen LogP contribution in [0.25, 0.3) is 0 Å². The number of hydrogen-bond acceptors (Lipinski definition) is 5. The minimum atomic E-state index is -0.812. The molecule has 0 spiro atoms. The van der Waals surface area contributed by atoms with Crippen molar-refractivity contribution < 1.29 is 24.5 Å². The average Bonchev–Trinajstić information content (AvgIpc) is 3.22. The molecule has 332 valence electrons. The van der Waals surface area contributed by atoms with E-state index in [2.05, 4.69) is 50.4 Å². The van der Waals surface area contributed by atoms with Gasteiger partial charge in [-0.05, 0) is 64.2 Å². The minimum absolute atomic E-state index is 0.0167. The molecule has 0 aliphatic carbocycles. The van der Waals surface area contributed by atoms with Crippen molar-refractivity contribution in [3.63, 3.8) is 0 Å². The van der Waals surface area contributed by atoms with E-state index >= 15 is 0 Å². The van der Waals surface area contributed by atoms with Crippen molar-refractivity contribution in [2.75, 3.05) is 6.61 Å². The third-order valence-electron chi connectivity index (χ3n) is 10.4. The van der Waals surface area contributed by atoms with E-state index in [1.165, 1.54) is 89.9 Å². The lowest BCUT2D eigenvalue weighted by Crippen LogP contribution is -2.46. The summed E-state index contributed by atoms with van der Waals surface area (Å²) in [4.78, 5) is 26.0. The second-order valence-electron chi connectivity index (χ2n) is 15.9. The molecule has 3 atom stereocenters. The number of amides is 1. The summed E-state index contributed by atoms with van der Waals surface area (Å²) in [6.07, 6.45) is 57.8. The number of unbranched alkanes of at least 4 members (excludes halogenated alkanes) is 20. The zero-order valence-corrected chi connectivity index (χ0v) is 37.6. The largest absolute Gasteiger partial charge is 0.462 e. The molecule has 6 heteroatoms. The van der Waals surface area contributed by atoms with Gasteiger partial charge in [-0.1, -0.05) is 215 Å². The van der Waals surface area contributed by atoms with Crippen LogP contribution in [0.2, 0.25) is 0 Å². The molecule has 0 saturated heterocycles. The van der Waals surface area contributed by atoms with Gasteiger partial charge in [-0.3, -0.25) is 9.59 Å². The first kappa shape index (κ1) is 55.0. The Morgan fingerprint density at radius 1 is 0.517 bits per heavy atom. The summed E-state index contributed by atoms with van der Waals surface area (Å²) >= 11 is 0. The quantitative estimate of drug-likeness (QED) is 0.0247. The van der Waals surface area contributed by atoms with Crippen LogP contribution in [0.4, 0.5) is 0 Å². The van der Waals surface area contributed by atoms with E-state index < -0.39 is 18.2 Å². The Morgan fingerprint density at radius 3 is 1.48 bits per heavy atom. The van der Waals surface area contributed by atoms with Crippen LogP contribution in [-0.4, -0.2) is 46.9 Å². The molecule has 3 unspecified atom stereocenters. The lowest BCUT2D eigenvalue weighted by atomic mass is 10.0. The van der Waals surface area contributed by atoms with Crippen molar-refractivity contribution in [2.24, 2.45) is 0 Å². The van der Waals surface area contributed by atoms with E-state index in [1.54, 1.807) is 0 Å². The first-order chi connectivity index (χ1) is 28.5. The number of carbonyl (C=O) groups is 2. The summed E-state index contributed by atoms with van der Waals surface area (Å²) in [6, 6.07) is -0.731. The van der Waals surface area contributed by atoms with Gasteiger partial charge in [0.25, 0.3) is 0 Å². The van der Waals surface area contributed by atoms with Crippen LogP contribution >= 0.6 is 0 Å². The number of nitrogens with one attached hydrogen (secondary N) is 1. The van der Waals surface area contributed by atoms with Gasteiger partial charge >= 0.3 is 5.97 Å². The maximum absolute atomic E-state index is 13.1. The number of allylic oxidation sites excluding steroid dienone is 14. The van der Waals surface area contributed by atoms with Gasteiger partial charge in [-0.25, -0.2) is 0 Å². The lowest BCUT2D eigenvalue weighted by molar-refractivity contribution is -0.151. The Bertz CT molecular complexity index is 1130. The molecule has 0 aromatic carbocycles. The Kier molecular flexibility index (Phi) is 42.8. The molecule has 58 heavy (non-hydrogen) atoms. The van der Waals surface area contributed by atoms with Crippen LogP contribution in [0.1, 0.15) is 207 Å². The van der Waals surface area contributed by atoms with Crippen LogP contribution in [0.3, 0.4) is 0 Å². The summed E-state index contributed by atoms with van der Waals surface area (Å²) in [5.41, 5.74) is 0. The molecule has 0 fully saturated rings. The highest BCUT2D eigenvalue weighted by atomic mass is 16.5. The summed E-state index contributed by atoms with van der Waals surface area (Å²) in [5, 5.41) is 23.6. The Hall–Kier alpha value is -2.96. The SMILES string of the molecule is CC\C=C/C=C/C=C/C=C\C=C\C=C\CCCC(CC(=O)NC(CO)C(O)CCCCCCCCCCCCC)OC(=O)CCCCC/C=C\CCCCCCCC. The molecule has 0 radical (unpaired) electrons. The maximum atomic E-state index is 13.1. The zero-order chi connectivity index (χ0) is 42.4. The monoisotopic (exact) mass is 808 g/mol. The third-order valence-corrected chi connectivity index (χ3v) is 10.4. The van der Waals surface area contributed by atoms with E-state index in [9.17, 15) is 19.8 Å². The number of aliphatic hydroxyl groups excluding tert-OH is 2. The van der Waals surface area contributed by atoms with Crippen molar-refractivity contribution in [1.82, 2.24) is 5.32 Å². The number of hydrogen-bond donors (Lipinski definition) is 3. The number of carbonyl (C=O) groups excluding carboxylic acids is 2. The Labute approximate surface area is 357 Å². The van der Waals surface area contributed by atoms with Gasteiger partial charge in [0.05, 0.1) is 25.2 Å². The normalized spacial score (nSPS) is 14.1. The fourth-order valence-corrected chi connectivity index (χ4v) is 6.75. The van der Waals surface area contributed by atoms with Gasteiger partial charge in [0, 0.05) is 6.42 Å². The second kappa shape index (κ2) is 45.1. The minimum Gasteiger partial charge on any atom is -0.462 e. The second-order valence-corrected chi connectivity index (χ2v) is 15.9. The van der Waals surface area contributed by atoms with Crippen molar-refractivity contribution in [1.29, 1.82) is 0 Å². The molecule has 0 aromatic heterocycles. The van der Waals surface area contributed by atoms with Gasteiger partial charge in [0.2, 0.25) is 5.91 Å². The van der Waals surface area contributed by atoms with Crippen LogP contribution in [0.15, 0.2) is 85.1 Å². The van der Waals surface area contributed by atoms with Gasteiger partial charge in [0.1, 0.15) is 6.10 Å². The molecule has 0 aliphatic heterocycles. The number of esters is 1. The standard InChI is InChI=1S/C52H89NO5/c1-4-7-10-13-16-19-22-24-25-27-29-31-34-37-40-43-48(58-52(57)45-42-39-36-33-30-26-23-20-17-14-11-8-5-2)46-51(56)53-49(47-54)50(55)44-41-38-35-32-28-21-18-15-12-9-6-3/h7,10,13,16,19,22,24-27,29-31,34,48-50,54-55H,4-6,8-9,11-12,14-15,17-18,20-21,23,28,32-33,35-47H2,1-3H3,(H,53,56)/b10-7-,16-13+,22-19+,25-24-,29-27+,30-26-,34-31+. The highest BCUT2D eigenvalue weighted by molar-refractivity contribution is 5.77. The highest BCUT2D eigenvalue weighted by Crippen LogP contribution is 2.16. The highest BCUT2D eigenvalue weighted by Gasteiger charge is 2.24. The molecule has 0 saturated carbocycles. The van der Waals surface area contributed by atoms with Gasteiger partial charge in [-0.15, -0.1) is 0 Å². The summed E-state index contributed by atoms with van der Waals surface area (Å²) in [6.45, 7) is 6.28. The van der Waals surface area contributed by atoms with E-state index in [1.807, 2.05) is 60.8 Å². The fourth-order valence-electron chi connectivity index (χ4n) is 6.75. The van der Waals surface area contributed by atoms with Crippen molar-refractivity contribution in [2.45, 2.75) is 225 Å². The zero-order valence-electron chi connectivity index (χ0n) is 37.6. The average molecular weight is 808 g/mol. The predicted molar refractivity (Wildman–Crippen MR) is 250 cm³/mol. The number of rotatable bonds is 41. The molecular weight excluding hydrogens is 719 g/mol. The van der Waals surface area contributed by atoms with Crippen molar-refractivity contribution in [3.05, 3.63) is 85.1 Å². The molecule has 1 amide bonds. The Morgan fingerprint density at radius 2 is 0.966 bits per heavy atom. The van der Waals surface area contributed by atoms with Crippen LogP contribution in [0.5, 0.6) is 0 Å². The third kappa shape index (κ3) is 39.8. The van der Waals surface area contributed by atoms with Crippen LogP contribution in [-0.2, 0) is 14.3 Å². The first-order valence-corrected chi connectivity index (χ1v) is 23.9. The molecule has 0 aliphatic rings. The topological polar surface area (TPSA) is 95.9 Å². The van der Waals surface area contributed by atoms with Gasteiger partial charge < -0.3 is 20.3 Å². The maximum Gasteiger partial charge on any atom is 0.306 e. The smallest absolute Gasteiger partial charge is 0.306 e. The van der Waals surface area contributed by atoms with E-state index in [0.29, 0.717) is 19.3 Å². The molecule has 0 heterocycles. The first-order valence-electron chi connectivity index (χ1n) is 23.9. The summed E-state index contributed by atoms with van der Waals surface area (Å²) < 4.78 is 5.87. The Balaban J connectivity index is 4.80.